The van der Waals surface area contributed by atoms with Gasteiger partial charge >= 0.3 is 5.97 Å². The van der Waals surface area contributed by atoms with Gasteiger partial charge in [-0.25, -0.2) is 13.6 Å². The van der Waals surface area contributed by atoms with Crippen molar-refractivity contribution >= 4 is 11.9 Å². The summed E-state index contributed by atoms with van der Waals surface area (Å²) in [6.07, 6.45) is -1.71. The zero-order valence-corrected chi connectivity index (χ0v) is 9.68. The molecule has 2 rings (SSSR count). The molecule has 0 aromatic carbocycles. The molecule has 2 aliphatic rings. The van der Waals surface area contributed by atoms with Gasteiger partial charge in [-0.1, -0.05) is 0 Å². The van der Waals surface area contributed by atoms with E-state index in [9.17, 15) is 23.5 Å². The Morgan fingerprint density at radius 1 is 1.33 bits per heavy atom. The molecule has 0 spiro atoms. The second-order valence-corrected chi connectivity index (χ2v) is 5.03. The van der Waals surface area contributed by atoms with E-state index in [1.54, 1.807) is 0 Å². The summed E-state index contributed by atoms with van der Waals surface area (Å²) in [7, 11) is 0. The van der Waals surface area contributed by atoms with Crippen LogP contribution in [0.2, 0.25) is 0 Å². The molecule has 2 fully saturated rings. The fraction of sp³-hybridized carbons (Fsp3) is 0.818. The molecule has 0 aromatic rings. The lowest BCUT2D eigenvalue weighted by atomic mass is 10.1. The number of carbonyl (C=O) groups excluding carboxylic acids is 1. The van der Waals surface area contributed by atoms with Gasteiger partial charge in [0.1, 0.15) is 6.04 Å². The number of rotatable bonds is 2. The first-order valence-electron chi connectivity index (χ1n) is 5.89. The number of aliphatic carboxylic acids is 1. The molecule has 0 bridgehead atoms. The molecule has 102 valence electrons. The molecule has 1 aliphatic heterocycles. The van der Waals surface area contributed by atoms with Crippen LogP contribution in [0.3, 0.4) is 0 Å². The predicted octanol–water partition coefficient (Wildman–Crippen LogP) is 0.468. The van der Waals surface area contributed by atoms with Gasteiger partial charge in [-0.15, -0.1) is 0 Å². The van der Waals surface area contributed by atoms with E-state index in [0.29, 0.717) is 0 Å². The minimum atomic E-state index is -2.84. The van der Waals surface area contributed by atoms with Crippen molar-refractivity contribution in [3.05, 3.63) is 0 Å². The second kappa shape index (κ2) is 4.46. The van der Waals surface area contributed by atoms with Crippen LogP contribution in [0.25, 0.3) is 0 Å². The predicted molar refractivity (Wildman–Crippen MR) is 56.0 cm³/mol. The first kappa shape index (κ1) is 13.2. The summed E-state index contributed by atoms with van der Waals surface area (Å²) >= 11 is 0. The molecule has 5 nitrogen and oxygen atoms in total. The lowest BCUT2D eigenvalue weighted by molar-refractivity contribution is -0.150. The van der Waals surface area contributed by atoms with Crippen molar-refractivity contribution in [1.29, 1.82) is 0 Å². The van der Waals surface area contributed by atoms with Crippen molar-refractivity contribution < 1.29 is 28.6 Å². The number of β-amino-alcohol motifs (C(OH)–C–C–N with tert-alkyl or cyclic N) is 1. The zero-order valence-electron chi connectivity index (χ0n) is 9.68. The van der Waals surface area contributed by atoms with Crippen LogP contribution in [0.5, 0.6) is 0 Å². The Kier molecular flexibility index (Phi) is 3.27. The van der Waals surface area contributed by atoms with Gasteiger partial charge in [0.2, 0.25) is 11.8 Å². The summed E-state index contributed by atoms with van der Waals surface area (Å²) < 4.78 is 26.1. The van der Waals surface area contributed by atoms with Gasteiger partial charge in [-0.2, -0.15) is 0 Å². The average Bonchev–Trinajstić information content (AvgIpc) is 2.80. The van der Waals surface area contributed by atoms with Crippen molar-refractivity contribution in [3.63, 3.8) is 0 Å². The number of carboxylic acids is 1. The Morgan fingerprint density at radius 2 is 2.00 bits per heavy atom. The maximum atomic E-state index is 13.0. The van der Waals surface area contributed by atoms with Crippen molar-refractivity contribution in [2.75, 3.05) is 6.54 Å². The molecule has 1 heterocycles. The van der Waals surface area contributed by atoms with Crippen LogP contribution >= 0.6 is 0 Å². The summed E-state index contributed by atoms with van der Waals surface area (Å²) in [5.41, 5.74) is 0. The van der Waals surface area contributed by atoms with Crippen LogP contribution < -0.4 is 0 Å². The second-order valence-electron chi connectivity index (χ2n) is 5.03. The number of carbonyl (C=O) groups is 2. The Bertz CT molecular complexity index is 374. The minimum absolute atomic E-state index is 0.0375. The Morgan fingerprint density at radius 3 is 2.50 bits per heavy atom. The summed E-state index contributed by atoms with van der Waals surface area (Å²) in [5, 5.41) is 18.4. The first-order valence-corrected chi connectivity index (χ1v) is 5.89. The van der Waals surface area contributed by atoms with Crippen molar-refractivity contribution in [3.8, 4) is 0 Å². The summed E-state index contributed by atoms with van der Waals surface area (Å²) in [6, 6.07) is -1.10. The number of nitrogens with zero attached hydrogens (tertiary/aromatic N) is 1. The molecule has 18 heavy (non-hydrogen) atoms. The fourth-order valence-electron chi connectivity index (χ4n) is 2.69. The van der Waals surface area contributed by atoms with E-state index in [2.05, 4.69) is 0 Å². The SMILES string of the molecule is O=C(O)[C@@H]1CC(O)CN1C(=O)C1CCC(F)(F)C1. The molecule has 7 heteroatoms. The molecule has 1 saturated carbocycles. The summed E-state index contributed by atoms with van der Waals surface area (Å²) in [5.74, 6) is -5.44. The highest BCUT2D eigenvalue weighted by Gasteiger charge is 2.47. The Balaban J connectivity index is 2.07. The smallest absolute Gasteiger partial charge is 0.326 e. The Labute approximate surface area is 102 Å². The van der Waals surface area contributed by atoms with Crippen LogP contribution in [-0.2, 0) is 9.59 Å². The maximum Gasteiger partial charge on any atom is 0.326 e. The fourth-order valence-corrected chi connectivity index (χ4v) is 2.69. The van der Waals surface area contributed by atoms with Gasteiger partial charge in [0.15, 0.2) is 0 Å². The number of amides is 1. The number of aliphatic hydroxyl groups is 1. The highest BCUT2D eigenvalue weighted by Crippen LogP contribution is 2.40. The molecular weight excluding hydrogens is 248 g/mol. The maximum absolute atomic E-state index is 13.0. The number of aliphatic hydroxyl groups excluding tert-OH is 1. The Hall–Kier alpha value is -1.24. The van der Waals surface area contributed by atoms with E-state index in [-0.39, 0.29) is 25.8 Å². The van der Waals surface area contributed by atoms with Gasteiger partial charge in [0, 0.05) is 31.7 Å². The van der Waals surface area contributed by atoms with Crippen LogP contribution in [0, 0.1) is 5.92 Å². The lowest BCUT2D eigenvalue weighted by Crippen LogP contribution is -2.43. The lowest BCUT2D eigenvalue weighted by Gasteiger charge is -2.24. The molecule has 1 amide bonds. The summed E-state index contributed by atoms with van der Waals surface area (Å²) in [4.78, 5) is 24.0. The molecular formula is C11H15F2NO4. The van der Waals surface area contributed by atoms with E-state index in [1.807, 2.05) is 0 Å². The van der Waals surface area contributed by atoms with Crippen molar-refractivity contribution in [1.82, 2.24) is 4.90 Å². The number of alkyl halides is 2. The minimum Gasteiger partial charge on any atom is -0.480 e. The zero-order chi connectivity index (χ0) is 13.5. The summed E-state index contributed by atoms with van der Waals surface area (Å²) in [6.45, 7) is -0.0854. The molecule has 3 atom stereocenters. The largest absolute Gasteiger partial charge is 0.480 e. The highest BCUT2D eigenvalue weighted by atomic mass is 19.3. The number of hydrogen-bond donors (Lipinski definition) is 2. The van der Waals surface area contributed by atoms with E-state index in [1.165, 1.54) is 0 Å². The quantitative estimate of drug-likeness (QED) is 0.759. The molecule has 2 N–H and O–H groups in total. The van der Waals surface area contributed by atoms with E-state index >= 15 is 0 Å². The van der Waals surface area contributed by atoms with Gasteiger partial charge in [0.25, 0.3) is 0 Å². The monoisotopic (exact) mass is 263 g/mol. The number of hydrogen-bond acceptors (Lipinski definition) is 3. The third-order valence-corrected chi connectivity index (χ3v) is 3.60. The molecule has 1 aliphatic carbocycles. The van der Waals surface area contributed by atoms with Gasteiger partial charge < -0.3 is 15.1 Å². The molecule has 1 saturated heterocycles. The van der Waals surface area contributed by atoms with E-state index in [0.717, 1.165) is 4.90 Å². The first-order chi connectivity index (χ1) is 8.30. The standard InChI is InChI=1S/C11H15F2NO4/c12-11(13)2-1-6(4-11)9(16)14-5-7(15)3-8(14)10(17)18/h6-8,15H,1-5H2,(H,17,18)/t6?,7?,8-/m0/s1. The number of carboxylic acid groups (broad SMARTS) is 1. The normalized spacial score (nSPS) is 34.8. The van der Waals surface area contributed by atoms with Gasteiger partial charge in [-0.05, 0) is 6.42 Å². The van der Waals surface area contributed by atoms with Gasteiger partial charge in [-0.3, -0.25) is 4.79 Å². The topological polar surface area (TPSA) is 77.8 Å². The molecule has 0 aromatic heterocycles. The average molecular weight is 263 g/mol. The van der Waals surface area contributed by atoms with Gasteiger partial charge in [0.05, 0.1) is 6.10 Å². The molecule has 2 unspecified atom stereocenters. The molecule has 0 radical (unpaired) electrons. The van der Waals surface area contributed by atoms with Crippen LogP contribution in [0.4, 0.5) is 8.78 Å². The van der Waals surface area contributed by atoms with Crippen molar-refractivity contribution in [2.45, 2.75) is 43.8 Å². The van der Waals surface area contributed by atoms with E-state index in [4.69, 9.17) is 5.11 Å². The highest BCUT2D eigenvalue weighted by molar-refractivity contribution is 5.86. The third kappa shape index (κ3) is 2.45. The van der Waals surface area contributed by atoms with Crippen LogP contribution in [0.15, 0.2) is 0 Å². The van der Waals surface area contributed by atoms with Crippen LogP contribution in [-0.4, -0.2) is 51.6 Å². The van der Waals surface area contributed by atoms with Crippen LogP contribution in [0.1, 0.15) is 25.7 Å². The number of halogens is 2. The van der Waals surface area contributed by atoms with E-state index < -0.39 is 42.3 Å². The third-order valence-electron chi connectivity index (χ3n) is 3.60. The number of likely N-dealkylation sites (tertiary alicyclic amines) is 1. The van der Waals surface area contributed by atoms with Crippen molar-refractivity contribution in [2.24, 2.45) is 5.92 Å².